The van der Waals surface area contributed by atoms with Crippen molar-refractivity contribution in [3.8, 4) is 23.0 Å². The highest BCUT2D eigenvalue weighted by molar-refractivity contribution is 7.20. The molecule has 4 rings (SSSR count). The van der Waals surface area contributed by atoms with E-state index in [9.17, 15) is 5.11 Å². The lowest BCUT2D eigenvalue weighted by Crippen LogP contribution is -1.94. The van der Waals surface area contributed by atoms with Gasteiger partial charge in [-0.25, -0.2) is 0 Å². The first-order valence-electron chi connectivity index (χ1n) is 9.47. The zero-order valence-electron chi connectivity index (χ0n) is 16.4. The Balaban J connectivity index is 1.67. The van der Waals surface area contributed by atoms with Crippen molar-refractivity contribution >= 4 is 27.0 Å². The fourth-order valence-corrected chi connectivity index (χ4v) is 4.20. The molecule has 0 aliphatic heterocycles. The average molecular weight is 403 g/mol. The number of phenols is 1. The largest absolute Gasteiger partial charge is 0.508 e. The quantitative estimate of drug-likeness (QED) is 0.365. The molecule has 0 aliphatic rings. The van der Waals surface area contributed by atoms with Crippen molar-refractivity contribution in [3.63, 3.8) is 0 Å². The van der Waals surface area contributed by atoms with Gasteiger partial charge in [0, 0.05) is 10.1 Å². The van der Waals surface area contributed by atoms with E-state index in [1.165, 1.54) is 0 Å². The lowest BCUT2D eigenvalue weighted by molar-refractivity contribution is 0.306. The number of aromatic hydroxyl groups is 1. The monoisotopic (exact) mass is 402 g/mol. The van der Waals surface area contributed by atoms with Gasteiger partial charge in [0.2, 0.25) is 0 Å². The molecule has 3 nitrogen and oxygen atoms in total. The SMILES string of the molecule is C/C=C(\C)c1sc2cc(OCc3ccccc3)ccc2c1Oc1ccc(O)cc1. The van der Waals surface area contributed by atoms with Gasteiger partial charge in [0.05, 0.1) is 4.88 Å². The topological polar surface area (TPSA) is 38.7 Å². The summed E-state index contributed by atoms with van der Waals surface area (Å²) in [6.45, 7) is 4.65. The number of thiophene rings is 1. The standard InChI is InChI=1S/C25H22O3S/c1-3-17(2)25-24(28-20-11-9-19(26)10-12-20)22-14-13-21(15-23(22)29-25)27-16-18-7-5-4-6-8-18/h3-15,26H,16H2,1-2H3/b17-3+. The second-order valence-corrected chi connectivity index (χ2v) is 7.81. The zero-order chi connectivity index (χ0) is 20.2. The summed E-state index contributed by atoms with van der Waals surface area (Å²) in [7, 11) is 0. The number of hydrogen-bond donors (Lipinski definition) is 1. The maximum absolute atomic E-state index is 9.52. The van der Waals surface area contributed by atoms with Gasteiger partial charge in [-0.2, -0.15) is 0 Å². The number of allylic oxidation sites excluding steroid dienone is 2. The van der Waals surface area contributed by atoms with Crippen molar-refractivity contribution in [2.24, 2.45) is 0 Å². The molecule has 0 bridgehead atoms. The van der Waals surface area contributed by atoms with Crippen LogP contribution in [0.15, 0.2) is 78.9 Å². The molecule has 4 aromatic rings. The lowest BCUT2D eigenvalue weighted by Gasteiger charge is -2.09. The van der Waals surface area contributed by atoms with E-state index < -0.39 is 0 Å². The van der Waals surface area contributed by atoms with Crippen LogP contribution >= 0.6 is 11.3 Å². The second-order valence-electron chi connectivity index (χ2n) is 6.76. The minimum Gasteiger partial charge on any atom is -0.508 e. The summed E-state index contributed by atoms with van der Waals surface area (Å²) in [4.78, 5) is 1.09. The van der Waals surface area contributed by atoms with E-state index in [1.807, 2.05) is 37.3 Å². The van der Waals surface area contributed by atoms with E-state index in [4.69, 9.17) is 9.47 Å². The van der Waals surface area contributed by atoms with Crippen LogP contribution in [0.25, 0.3) is 15.7 Å². The van der Waals surface area contributed by atoms with E-state index >= 15 is 0 Å². The predicted molar refractivity (Wildman–Crippen MR) is 120 cm³/mol. The van der Waals surface area contributed by atoms with E-state index in [-0.39, 0.29) is 5.75 Å². The average Bonchev–Trinajstić information content (AvgIpc) is 3.11. The Bertz CT molecular complexity index is 1140. The van der Waals surface area contributed by atoms with Crippen molar-refractivity contribution in [3.05, 3.63) is 89.3 Å². The Kier molecular flexibility index (Phi) is 5.54. The van der Waals surface area contributed by atoms with Crippen LogP contribution in [0.5, 0.6) is 23.0 Å². The van der Waals surface area contributed by atoms with Crippen molar-refractivity contribution in [1.29, 1.82) is 0 Å². The third kappa shape index (κ3) is 4.28. The summed E-state index contributed by atoms with van der Waals surface area (Å²) in [5.41, 5.74) is 2.30. The fraction of sp³-hybridized carbons (Fsp3) is 0.120. The Morgan fingerprint density at radius 2 is 1.69 bits per heavy atom. The van der Waals surface area contributed by atoms with Crippen molar-refractivity contribution in [1.82, 2.24) is 0 Å². The molecule has 29 heavy (non-hydrogen) atoms. The minimum absolute atomic E-state index is 0.220. The van der Waals surface area contributed by atoms with Gasteiger partial charge in [0.25, 0.3) is 0 Å². The molecule has 0 spiro atoms. The van der Waals surface area contributed by atoms with Crippen LogP contribution in [-0.4, -0.2) is 5.11 Å². The molecule has 0 amide bonds. The second kappa shape index (κ2) is 8.41. The van der Waals surface area contributed by atoms with Gasteiger partial charge in [0.15, 0.2) is 5.75 Å². The molecule has 0 unspecified atom stereocenters. The molecule has 0 fully saturated rings. The Hall–Kier alpha value is -3.24. The molecule has 0 saturated heterocycles. The summed E-state index contributed by atoms with van der Waals surface area (Å²) in [5.74, 6) is 2.58. The van der Waals surface area contributed by atoms with Gasteiger partial charge in [-0.3, -0.25) is 0 Å². The molecule has 0 saturated carbocycles. The summed E-state index contributed by atoms with van der Waals surface area (Å²) >= 11 is 1.69. The number of rotatable bonds is 6. The highest BCUT2D eigenvalue weighted by Gasteiger charge is 2.16. The molecule has 3 aromatic carbocycles. The Labute approximate surface area is 174 Å². The zero-order valence-corrected chi connectivity index (χ0v) is 17.2. The third-order valence-corrected chi connectivity index (χ3v) is 5.98. The molecule has 146 valence electrons. The summed E-state index contributed by atoms with van der Waals surface area (Å²) < 4.78 is 13.3. The van der Waals surface area contributed by atoms with E-state index in [1.54, 1.807) is 35.6 Å². The number of phenolic OH excluding ortho intramolecular Hbond substituents is 1. The number of ether oxygens (including phenoxy) is 2. The number of benzene rings is 3. The van der Waals surface area contributed by atoms with Gasteiger partial charge in [-0.15, -0.1) is 11.3 Å². The van der Waals surface area contributed by atoms with Crippen LogP contribution in [0.4, 0.5) is 0 Å². The van der Waals surface area contributed by atoms with Gasteiger partial charge < -0.3 is 14.6 Å². The van der Waals surface area contributed by atoms with Crippen molar-refractivity contribution < 1.29 is 14.6 Å². The molecule has 1 aromatic heterocycles. The van der Waals surface area contributed by atoms with E-state index in [2.05, 4.69) is 31.2 Å². The summed E-state index contributed by atoms with van der Waals surface area (Å²) in [6, 6.07) is 23.0. The normalized spacial score (nSPS) is 11.6. The maximum Gasteiger partial charge on any atom is 0.153 e. The smallest absolute Gasteiger partial charge is 0.153 e. The predicted octanol–water partition coefficient (Wildman–Crippen LogP) is 7.40. The molecular formula is C25H22O3S. The minimum atomic E-state index is 0.220. The molecule has 1 N–H and O–H groups in total. The first-order chi connectivity index (χ1) is 14.1. The number of hydrogen-bond acceptors (Lipinski definition) is 4. The van der Waals surface area contributed by atoms with Crippen molar-refractivity contribution in [2.75, 3.05) is 0 Å². The molecule has 4 heteroatoms. The molecule has 1 heterocycles. The number of fused-ring (bicyclic) bond motifs is 1. The summed E-state index contributed by atoms with van der Waals surface area (Å²) in [5, 5.41) is 10.6. The van der Waals surface area contributed by atoms with E-state index in [0.29, 0.717) is 12.4 Å². The van der Waals surface area contributed by atoms with Crippen LogP contribution in [-0.2, 0) is 6.61 Å². The Morgan fingerprint density at radius 1 is 0.966 bits per heavy atom. The molecule has 0 radical (unpaired) electrons. The van der Waals surface area contributed by atoms with Crippen molar-refractivity contribution in [2.45, 2.75) is 20.5 Å². The van der Waals surface area contributed by atoms with Gasteiger partial charge in [-0.05, 0) is 67.4 Å². The molecule has 0 aliphatic carbocycles. The van der Waals surface area contributed by atoms with Crippen LogP contribution in [0.3, 0.4) is 0 Å². The molecule has 0 atom stereocenters. The van der Waals surface area contributed by atoms with Crippen LogP contribution < -0.4 is 9.47 Å². The van der Waals surface area contributed by atoms with Crippen LogP contribution in [0.1, 0.15) is 24.3 Å². The first kappa shape index (κ1) is 19.1. The Morgan fingerprint density at radius 3 is 2.41 bits per heavy atom. The molecular weight excluding hydrogens is 380 g/mol. The van der Waals surface area contributed by atoms with Gasteiger partial charge in [-0.1, -0.05) is 36.4 Å². The van der Waals surface area contributed by atoms with Crippen LogP contribution in [0, 0.1) is 0 Å². The maximum atomic E-state index is 9.52. The van der Waals surface area contributed by atoms with E-state index in [0.717, 1.165) is 37.6 Å². The first-order valence-corrected chi connectivity index (χ1v) is 10.3. The third-order valence-electron chi connectivity index (χ3n) is 4.71. The van der Waals surface area contributed by atoms with Crippen LogP contribution in [0.2, 0.25) is 0 Å². The summed E-state index contributed by atoms with van der Waals surface area (Å²) in [6.07, 6.45) is 2.08. The van der Waals surface area contributed by atoms with Gasteiger partial charge >= 0.3 is 0 Å². The highest BCUT2D eigenvalue weighted by Crippen LogP contribution is 2.45. The lowest BCUT2D eigenvalue weighted by atomic mass is 10.1. The highest BCUT2D eigenvalue weighted by atomic mass is 32.1. The fourth-order valence-electron chi connectivity index (χ4n) is 3.01. The van der Waals surface area contributed by atoms with Gasteiger partial charge in [0.1, 0.15) is 23.9 Å².